The van der Waals surface area contributed by atoms with Crippen LogP contribution in [0.15, 0.2) is 73.3 Å². The molecule has 2 aliphatic rings. The van der Waals surface area contributed by atoms with E-state index in [0.29, 0.717) is 5.92 Å². The van der Waals surface area contributed by atoms with Crippen molar-refractivity contribution in [1.82, 2.24) is 14.3 Å². The van der Waals surface area contributed by atoms with Crippen molar-refractivity contribution in [3.8, 4) is 11.3 Å². The van der Waals surface area contributed by atoms with Crippen molar-refractivity contribution in [2.24, 2.45) is 5.92 Å². The zero-order valence-corrected chi connectivity index (χ0v) is 17.5. The van der Waals surface area contributed by atoms with Gasteiger partial charge in [0.25, 0.3) is 0 Å². The summed E-state index contributed by atoms with van der Waals surface area (Å²) in [7, 11) is 0. The van der Waals surface area contributed by atoms with Gasteiger partial charge in [-0.25, -0.2) is 4.98 Å². The molecule has 0 amide bonds. The van der Waals surface area contributed by atoms with Gasteiger partial charge in [-0.3, -0.25) is 0 Å². The van der Waals surface area contributed by atoms with E-state index < -0.39 is 0 Å². The van der Waals surface area contributed by atoms with E-state index in [1.165, 1.54) is 16.5 Å². The van der Waals surface area contributed by atoms with E-state index >= 15 is 0 Å². The number of benzene rings is 2. The second-order valence-corrected chi connectivity index (χ2v) is 8.93. The maximum absolute atomic E-state index is 11.1. The first-order valence-electron chi connectivity index (χ1n) is 11.3. The molecule has 158 valence electrons. The van der Waals surface area contributed by atoms with Crippen LogP contribution in [-0.2, 0) is 0 Å². The van der Waals surface area contributed by atoms with Gasteiger partial charge >= 0.3 is 0 Å². The minimum atomic E-state index is -0.320. The molecule has 1 N–H and O–H groups in total. The third-order valence-corrected chi connectivity index (χ3v) is 7.15. The van der Waals surface area contributed by atoms with Crippen molar-refractivity contribution in [3.05, 3.63) is 78.9 Å². The highest BCUT2D eigenvalue weighted by Crippen LogP contribution is 2.42. The lowest BCUT2D eigenvalue weighted by atomic mass is 9.81. The van der Waals surface area contributed by atoms with Crippen molar-refractivity contribution >= 4 is 10.9 Å². The van der Waals surface area contributed by atoms with Gasteiger partial charge in [0.15, 0.2) is 0 Å². The molecule has 1 aliphatic heterocycles. The van der Waals surface area contributed by atoms with Crippen LogP contribution in [0.5, 0.6) is 0 Å². The van der Waals surface area contributed by atoms with Gasteiger partial charge in [0.2, 0.25) is 0 Å². The summed E-state index contributed by atoms with van der Waals surface area (Å²) in [5.41, 5.74) is 4.81. The van der Waals surface area contributed by atoms with Crippen LogP contribution in [0.1, 0.15) is 43.7 Å². The number of hydrogen-bond donors (Lipinski definition) is 1. The summed E-state index contributed by atoms with van der Waals surface area (Å²) in [6.45, 7) is 0. The normalized spacial score (nSPS) is 23.5. The molecule has 2 aromatic heterocycles. The third kappa shape index (κ3) is 3.24. The molecule has 2 atom stereocenters. The number of imidazole rings is 1. The average Bonchev–Trinajstić information content (AvgIpc) is 3.51. The zero-order chi connectivity index (χ0) is 20.8. The molecule has 0 saturated heterocycles. The van der Waals surface area contributed by atoms with Gasteiger partial charge in [-0.2, -0.15) is 4.73 Å². The molecule has 0 spiro atoms. The van der Waals surface area contributed by atoms with Gasteiger partial charge in [-0.05, 0) is 55.7 Å². The predicted molar refractivity (Wildman–Crippen MR) is 121 cm³/mol. The number of fused-ring (bicyclic) bond motifs is 4. The number of rotatable bonds is 5. The van der Waals surface area contributed by atoms with Crippen molar-refractivity contribution in [1.29, 1.82) is 0 Å². The van der Waals surface area contributed by atoms with Crippen LogP contribution < -0.4 is 4.84 Å². The van der Waals surface area contributed by atoms with Crippen molar-refractivity contribution in [2.75, 3.05) is 0 Å². The minimum Gasteiger partial charge on any atom is -0.411 e. The lowest BCUT2D eigenvalue weighted by molar-refractivity contribution is -0.0115. The molecule has 1 saturated carbocycles. The molecule has 2 aromatic carbocycles. The molecule has 31 heavy (non-hydrogen) atoms. The predicted octanol–water partition coefficient (Wildman–Crippen LogP) is 4.85. The fourth-order valence-corrected chi connectivity index (χ4v) is 5.48. The van der Waals surface area contributed by atoms with Gasteiger partial charge in [0.1, 0.15) is 6.10 Å². The van der Waals surface area contributed by atoms with Crippen molar-refractivity contribution in [3.63, 3.8) is 0 Å². The number of nitrogens with zero attached hydrogens (tertiary/aromatic N) is 3. The van der Waals surface area contributed by atoms with E-state index in [-0.39, 0.29) is 18.2 Å². The van der Waals surface area contributed by atoms with E-state index in [9.17, 15) is 5.11 Å². The summed E-state index contributed by atoms with van der Waals surface area (Å²) in [4.78, 5) is 10.6. The Morgan fingerprint density at radius 1 is 1.00 bits per heavy atom. The Balaban J connectivity index is 1.10. The molecule has 1 fully saturated rings. The van der Waals surface area contributed by atoms with Crippen LogP contribution in [0.25, 0.3) is 22.2 Å². The van der Waals surface area contributed by atoms with E-state index in [1.54, 1.807) is 0 Å². The maximum Gasteiger partial charge on any atom is 0.125 e. The second-order valence-electron chi connectivity index (χ2n) is 8.93. The fourth-order valence-electron chi connectivity index (χ4n) is 5.48. The summed E-state index contributed by atoms with van der Waals surface area (Å²) in [6.07, 6.45) is 10.4. The zero-order valence-electron chi connectivity index (χ0n) is 17.5. The van der Waals surface area contributed by atoms with Gasteiger partial charge in [-0.15, -0.1) is 0 Å². The smallest absolute Gasteiger partial charge is 0.125 e. The van der Waals surface area contributed by atoms with Crippen LogP contribution in [0.4, 0.5) is 0 Å². The highest BCUT2D eigenvalue weighted by Gasteiger charge is 2.34. The highest BCUT2D eigenvalue weighted by atomic mass is 16.7. The quantitative estimate of drug-likeness (QED) is 0.509. The van der Waals surface area contributed by atoms with Crippen LogP contribution in [-0.4, -0.2) is 31.6 Å². The number of aromatic nitrogens is 3. The monoisotopic (exact) mass is 413 g/mol. The molecule has 0 bridgehead atoms. The summed E-state index contributed by atoms with van der Waals surface area (Å²) >= 11 is 0. The first kappa shape index (κ1) is 18.7. The number of hydrogen-bond acceptors (Lipinski definition) is 3. The van der Waals surface area contributed by atoms with Crippen molar-refractivity contribution < 1.29 is 9.94 Å². The highest BCUT2D eigenvalue weighted by molar-refractivity contribution is 5.79. The molecule has 4 aromatic rings. The Labute approximate surface area is 181 Å². The largest absolute Gasteiger partial charge is 0.411 e. The number of para-hydroxylation sites is 1. The van der Waals surface area contributed by atoms with Gasteiger partial charge in [0.05, 0.1) is 35.9 Å². The molecule has 6 rings (SSSR count). The first-order chi connectivity index (χ1) is 15.3. The van der Waals surface area contributed by atoms with Crippen LogP contribution in [0.2, 0.25) is 0 Å². The van der Waals surface area contributed by atoms with Crippen LogP contribution in [0.3, 0.4) is 0 Å². The lowest BCUT2D eigenvalue weighted by Crippen LogP contribution is -2.34. The Hall–Kier alpha value is -3.05. The molecular weight excluding hydrogens is 386 g/mol. The Morgan fingerprint density at radius 2 is 1.81 bits per heavy atom. The van der Waals surface area contributed by atoms with Crippen molar-refractivity contribution in [2.45, 2.75) is 50.4 Å². The maximum atomic E-state index is 11.1. The van der Waals surface area contributed by atoms with Crippen LogP contribution in [0, 0.1) is 5.92 Å². The summed E-state index contributed by atoms with van der Waals surface area (Å²) < 4.78 is 4.13. The Kier molecular flexibility index (Phi) is 4.57. The first-order valence-corrected chi connectivity index (χ1v) is 11.3. The van der Waals surface area contributed by atoms with E-state index in [4.69, 9.17) is 4.84 Å². The molecule has 2 unspecified atom stereocenters. The van der Waals surface area contributed by atoms with E-state index in [0.717, 1.165) is 43.3 Å². The standard InChI is InChI=1S/C26H27N3O2/c30-26(15-24-21-6-2-3-7-22(21)25-16-27-17-28(24)25)19-9-11-20(12-10-19)31-29-14-13-18-5-1-4-8-23(18)29/h1-8,13-14,16-17,19-20,24,26,30H,9-12,15H2. The van der Waals surface area contributed by atoms with E-state index in [1.807, 2.05) is 29.5 Å². The summed E-state index contributed by atoms with van der Waals surface area (Å²) in [5, 5.41) is 12.3. The molecule has 5 nitrogen and oxygen atoms in total. The Morgan fingerprint density at radius 3 is 2.71 bits per heavy atom. The summed E-state index contributed by atoms with van der Waals surface area (Å²) in [6, 6.07) is 19.1. The average molecular weight is 414 g/mol. The second kappa shape index (κ2) is 7.57. The number of aliphatic hydroxyl groups excluding tert-OH is 1. The molecule has 0 radical (unpaired) electrons. The SMILES string of the molecule is OC(CC1c2ccccc2-c2cncn21)C1CCC(On2ccc3ccccc32)CC1. The molecule has 3 heterocycles. The molecule has 5 heteroatoms. The number of aliphatic hydroxyl groups is 1. The van der Waals surface area contributed by atoms with Crippen LogP contribution >= 0.6 is 0 Å². The summed E-state index contributed by atoms with van der Waals surface area (Å²) in [5.74, 6) is 0.320. The molecular formula is C26H27N3O2. The van der Waals surface area contributed by atoms with Gasteiger partial charge in [0, 0.05) is 17.1 Å². The Bertz CT molecular complexity index is 1200. The van der Waals surface area contributed by atoms with E-state index in [2.05, 4.69) is 58.1 Å². The fraction of sp³-hybridized carbons (Fsp3) is 0.346. The third-order valence-electron chi connectivity index (χ3n) is 7.15. The topological polar surface area (TPSA) is 52.2 Å². The lowest BCUT2D eigenvalue weighted by Gasteiger charge is -2.33. The minimum absolute atomic E-state index is 0.170. The molecule has 1 aliphatic carbocycles. The van der Waals surface area contributed by atoms with Gasteiger partial charge < -0.3 is 14.5 Å². The van der Waals surface area contributed by atoms with Gasteiger partial charge in [-0.1, -0.05) is 42.5 Å².